The number of carbonyl (C=O) groups excluding carboxylic acids is 1. The number of hydrogen-bond acceptors (Lipinski definition) is 4. The maximum Gasteiger partial charge on any atom is 0.243 e. The molecule has 3 rings (SSSR count). The summed E-state index contributed by atoms with van der Waals surface area (Å²) >= 11 is 6.19. The molecule has 6 nitrogen and oxygen atoms in total. The summed E-state index contributed by atoms with van der Waals surface area (Å²) < 4.78 is 33.4. The van der Waals surface area contributed by atoms with Crippen LogP contribution in [0, 0.1) is 6.92 Å². The first-order chi connectivity index (χ1) is 16.3. The quantitative estimate of drug-likeness (QED) is 0.420. The topological polar surface area (TPSA) is 75.7 Å². The molecule has 3 aromatic rings. The summed E-state index contributed by atoms with van der Waals surface area (Å²) in [6.45, 7) is 3.74. The molecular weight excluding hydrogens is 472 g/mol. The number of hydrogen-bond donors (Lipinski definition) is 1. The fourth-order valence-electron chi connectivity index (χ4n) is 3.68. The molecule has 180 valence electrons. The number of para-hydroxylation sites is 1. The minimum absolute atomic E-state index is 0.00398. The lowest BCUT2D eigenvalue weighted by Gasteiger charge is -2.23. The Bertz CT molecular complexity index is 1250. The molecule has 0 aliphatic carbocycles. The van der Waals surface area contributed by atoms with Crippen molar-refractivity contribution < 1.29 is 17.9 Å². The van der Waals surface area contributed by atoms with Crippen LogP contribution in [0.15, 0.2) is 71.6 Å². The second-order valence-corrected chi connectivity index (χ2v) is 10.2. The molecule has 0 fully saturated rings. The summed E-state index contributed by atoms with van der Waals surface area (Å²) in [5.41, 5.74) is 3.62. The summed E-state index contributed by atoms with van der Waals surface area (Å²) in [4.78, 5) is 13.0. The number of sulfonamides is 1. The summed E-state index contributed by atoms with van der Waals surface area (Å²) in [6.07, 6.45) is 1.21. The van der Waals surface area contributed by atoms with Gasteiger partial charge in [-0.2, -0.15) is 4.31 Å². The summed E-state index contributed by atoms with van der Waals surface area (Å²) in [6, 6.07) is 19.6. The Morgan fingerprint density at radius 1 is 1.06 bits per heavy atom. The van der Waals surface area contributed by atoms with Crippen LogP contribution in [0.5, 0.6) is 5.75 Å². The molecular formula is C26H29ClN2O4S. The fraction of sp³-hybridized carbons (Fsp3) is 0.269. The molecule has 0 saturated heterocycles. The number of nitrogens with zero attached hydrogens (tertiary/aromatic N) is 1. The van der Waals surface area contributed by atoms with Gasteiger partial charge in [0.25, 0.3) is 0 Å². The van der Waals surface area contributed by atoms with Crippen LogP contribution in [0.2, 0.25) is 5.02 Å². The Morgan fingerprint density at radius 2 is 1.79 bits per heavy atom. The molecule has 3 aromatic carbocycles. The standard InChI is InChI=1S/C26H29ClN2O4S/c1-4-21-12-8-9-19(2)26(21)28-25(30)18-29(16-15-20-10-6-5-7-11-20)34(31,32)22-13-14-24(33-3)23(27)17-22/h5-14,17H,4,15-16,18H2,1-3H3,(H,28,30). The van der Waals surface area contributed by atoms with Crippen LogP contribution < -0.4 is 10.1 Å². The van der Waals surface area contributed by atoms with Crippen LogP contribution in [0.3, 0.4) is 0 Å². The third-order valence-corrected chi connectivity index (χ3v) is 7.71. The molecule has 1 amide bonds. The van der Waals surface area contributed by atoms with E-state index in [0.29, 0.717) is 12.2 Å². The van der Waals surface area contributed by atoms with Gasteiger partial charge in [0.05, 0.1) is 23.6 Å². The zero-order valence-electron chi connectivity index (χ0n) is 19.5. The van der Waals surface area contributed by atoms with Gasteiger partial charge in [0, 0.05) is 12.2 Å². The van der Waals surface area contributed by atoms with Crippen LogP contribution in [0.1, 0.15) is 23.6 Å². The second-order valence-electron chi connectivity index (χ2n) is 7.88. The van der Waals surface area contributed by atoms with Gasteiger partial charge in [0.15, 0.2) is 0 Å². The molecule has 0 radical (unpaired) electrons. The number of halogens is 1. The Morgan fingerprint density at radius 3 is 2.44 bits per heavy atom. The van der Waals surface area contributed by atoms with E-state index in [0.717, 1.165) is 28.8 Å². The third-order valence-electron chi connectivity index (χ3n) is 5.58. The highest BCUT2D eigenvalue weighted by Gasteiger charge is 2.27. The van der Waals surface area contributed by atoms with Crippen LogP contribution in [-0.4, -0.2) is 38.8 Å². The van der Waals surface area contributed by atoms with Gasteiger partial charge in [-0.15, -0.1) is 0 Å². The van der Waals surface area contributed by atoms with Gasteiger partial charge in [-0.3, -0.25) is 4.79 Å². The zero-order chi connectivity index (χ0) is 24.7. The molecule has 8 heteroatoms. The molecule has 0 spiro atoms. The first-order valence-corrected chi connectivity index (χ1v) is 12.8. The van der Waals surface area contributed by atoms with Crippen molar-refractivity contribution in [2.24, 2.45) is 0 Å². The van der Waals surface area contributed by atoms with E-state index >= 15 is 0 Å². The number of ether oxygens (including phenoxy) is 1. The van der Waals surface area contributed by atoms with Crippen LogP contribution in [0.4, 0.5) is 5.69 Å². The van der Waals surface area contributed by atoms with E-state index in [9.17, 15) is 13.2 Å². The zero-order valence-corrected chi connectivity index (χ0v) is 21.1. The lowest BCUT2D eigenvalue weighted by molar-refractivity contribution is -0.116. The van der Waals surface area contributed by atoms with E-state index in [2.05, 4.69) is 5.32 Å². The van der Waals surface area contributed by atoms with Crippen molar-refractivity contribution in [2.45, 2.75) is 31.6 Å². The maximum absolute atomic E-state index is 13.5. The van der Waals surface area contributed by atoms with Crippen LogP contribution in [-0.2, 0) is 27.7 Å². The molecule has 0 saturated carbocycles. The predicted molar refractivity (Wildman–Crippen MR) is 136 cm³/mol. The highest BCUT2D eigenvalue weighted by molar-refractivity contribution is 7.89. The lowest BCUT2D eigenvalue weighted by Crippen LogP contribution is -2.39. The maximum atomic E-state index is 13.5. The second kappa shape index (κ2) is 11.5. The van der Waals surface area contributed by atoms with Gasteiger partial charge in [0.2, 0.25) is 15.9 Å². The van der Waals surface area contributed by atoms with Gasteiger partial charge in [-0.25, -0.2) is 8.42 Å². The first kappa shape index (κ1) is 25.7. The molecule has 0 aliphatic heterocycles. The van der Waals surface area contributed by atoms with Crippen molar-refractivity contribution in [1.82, 2.24) is 4.31 Å². The van der Waals surface area contributed by atoms with E-state index in [-0.39, 0.29) is 23.0 Å². The first-order valence-electron chi connectivity index (χ1n) is 11.0. The van der Waals surface area contributed by atoms with Crippen molar-refractivity contribution in [3.63, 3.8) is 0 Å². The molecule has 0 bridgehead atoms. The monoisotopic (exact) mass is 500 g/mol. The van der Waals surface area contributed by atoms with Gasteiger partial charge in [-0.1, -0.05) is 67.1 Å². The van der Waals surface area contributed by atoms with Crippen LogP contribution >= 0.6 is 11.6 Å². The van der Waals surface area contributed by atoms with Crippen molar-refractivity contribution in [2.75, 3.05) is 25.5 Å². The van der Waals surface area contributed by atoms with Crippen molar-refractivity contribution in [1.29, 1.82) is 0 Å². The SMILES string of the molecule is CCc1cccc(C)c1NC(=O)CN(CCc1ccccc1)S(=O)(=O)c1ccc(OC)c(Cl)c1. The van der Waals surface area contributed by atoms with E-state index < -0.39 is 15.9 Å². The Balaban J connectivity index is 1.89. The number of methoxy groups -OCH3 is 1. The Kier molecular flexibility index (Phi) is 8.72. The minimum Gasteiger partial charge on any atom is -0.495 e. The number of nitrogens with one attached hydrogen (secondary N) is 1. The van der Waals surface area contributed by atoms with Gasteiger partial charge >= 0.3 is 0 Å². The molecule has 0 atom stereocenters. The number of aryl methyl sites for hydroxylation is 2. The van der Waals surface area contributed by atoms with E-state index in [1.165, 1.54) is 29.6 Å². The Labute approximate surface area is 206 Å². The highest BCUT2D eigenvalue weighted by atomic mass is 35.5. The Hall–Kier alpha value is -2.87. The van der Waals surface area contributed by atoms with E-state index in [1.54, 1.807) is 0 Å². The molecule has 0 heterocycles. The normalized spacial score (nSPS) is 11.4. The van der Waals surface area contributed by atoms with Crippen molar-refractivity contribution in [3.05, 3.63) is 88.4 Å². The number of carbonyl (C=O) groups is 1. The van der Waals surface area contributed by atoms with E-state index in [1.807, 2.05) is 62.4 Å². The van der Waals surface area contributed by atoms with Gasteiger partial charge in [-0.05, 0) is 54.7 Å². The smallest absolute Gasteiger partial charge is 0.243 e. The summed E-state index contributed by atoms with van der Waals surface area (Å²) in [5.74, 6) is -0.0268. The average Bonchev–Trinajstić information content (AvgIpc) is 2.83. The predicted octanol–water partition coefficient (Wildman–Crippen LogP) is 5.09. The largest absolute Gasteiger partial charge is 0.495 e. The molecule has 0 aliphatic rings. The van der Waals surface area contributed by atoms with Crippen molar-refractivity contribution in [3.8, 4) is 5.75 Å². The summed E-state index contributed by atoms with van der Waals surface area (Å²) in [5, 5.41) is 3.10. The lowest BCUT2D eigenvalue weighted by atomic mass is 10.1. The van der Waals surface area contributed by atoms with Crippen molar-refractivity contribution >= 4 is 33.2 Å². The molecule has 0 aromatic heterocycles. The molecule has 0 unspecified atom stereocenters. The average molecular weight is 501 g/mol. The van der Waals surface area contributed by atoms with Gasteiger partial charge in [0.1, 0.15) is 5.75 Å². The summed E-state index contributed by atoms with van der Waals surface area (Å²) in [7, 11) is -2.54. The van der Waals surface area contributed by atoms with E-state index in [4.69, 9.17) is 16.3 Å². The third kappa shape index (κ3) is 6.17. The molecule has 1 N–H and O–H groups in total. The minimum atomic E-state index is -4.00. The highest BCUT2D eigenvalue weighted by Crippen LogP contribution is 2.29. The number of benzene rings is 3. The number of rotatable bonds is 10. The number of amides is 1. The molecule has 34 heavy (non-hydrogen) atoms. The van der Waals surface area contributed by atoms with Gasteiger partial charge < -0.3 is 10.1 Å². The van der Waals surface area contributed by atoms with Crippen LogP contribution in [0.25, 0.3) is 0 Å². The number of anilines is 1. The fourth-order valence-corrected chi connectivity index (χ4v) is 5.43.